The smallest absolute Gasteiger partial charge is 0.326 e. The Kier molecular flexibility index (Phi) is 10.5. The Morgan fingerprint density at radius 3 is 2.13 bits per heavy atom. The van der Waals surface area contributed by atoms with Crippen LogP contribution < -0.4 is 27.8 Å². The monoisotopic (exact) mass is 436 g/mol. The van der Waals surface area contributed by atoms with E-state index in [0.717, 1.165) is 0 Å². The van der Waals surface area contributed by atoms with Crippen LogP contribution in [0.5, 0.6) is 0 Å². The van der Waals surface area contributed by atoms with Gasteiger partial charge in [-0.25, -0.2) is 4.79 Å². The summed E-state index contributed by atoms with van der Waals surface area (Å²) in [5.41, 5.74) is 16.7. The molecule has 0 aliphatic rings. The lowest BCUT2D eigenvalue weighted by molar-refractivity contribution is -0.142. The van der Waals surface area contributed by atoms with Gasteiger partial charge in [0.05, 0.1) is 12.5 Å². The third kappa shape index (κ3) is 10.1. The molecule has 0 spiro atoms. The molecule has 170 valence electrons. The summed E-state index contributed by atoms with van der Waals surface area (Å²) in [5.74, 6) is -4.25. The summed E-state index contributed by atoms with van der Waals surface area (Å²) in [4.78, 5) is 51.1. The number of carbonyl (C=O) groups excluding carboxylic acids is 2. The summed E-state index contributed by atoms with van der Waals surface area (Å²) in [6, 6.07) is 4.95. The number of aliphatic carboxylic acids is 2. The molecule has 0 aliphatic heterocycles. The summed E-state index contributed by atoms with van der Waals surface area (Å²) in [6.07, 6.45) is -0.221. The number of hydrogen-bond donors (Lipinski definition) is 7. The number of amides is 2. The number of nitrogens with two attached hydrogens (primary N) is 3. The average molecular weight is 436 g/mol. The molecule has 1 aromatic rings. The standard InChI is InChI=1S/C19H28N6O6/c20-12(10-15(26)27)16(28)24-13(7-4-8-23-19(21)22)17(29)25-14(18(30)31)9-11-5-2-1-3-6-11/h1-3,5-6,12-14H,4,7-10,20H2,(H,24,28)(H,25,29)(H,26,27)(H,30,31)(H4,21,22,23). The van der Waals surface area contributed by atoms with Gasteiger partial charge in [-0.1, -0.05) is 30.3 Å². The molecule has 0 radical (unpaired) electrons. The second-order valence-electron chi connectivity index (χ2n) is 6.80. The van der Waals surface area contributed by atoms with Gasteiger partial charge in [-0.2, -0.15) is 0 Å². The van der Waals surface area contributed by atoms with Gasteiger partial charge in [-0.15, -0.1) is 0 Å². The molecule has 31 heavy (non-hydrogen) atoms. The van der Waals surface area contributed by atoms with Gasteiger partial charge in [0, 0.05) is 13.0 Å². The summed E-state index contributed by atoms with van der Waals surface area (Å²) in [6.45, 7) is 0.176. The number of guanidine groups is 1. The van der Waals surface area contributed by atoms with Crippen LogP contribution in [-0.4, -0.2) is 64.6 Å². The van der Waals surface area contributed by atoms with Crippen molar-refractivity contribution >= 4 is 29.7 Å². The van der Waals surface area contributed by atoms with Gasteiger partial charge in [0.1, 0.15) is 12.1 Å². The zero-order chi connectivity index (χ0) is 23.4. The fraction of sp³-hybridized carbons (Fsp3) is 0.421. The van der Waals surface area contributed by atoms with E-state index in [1.165, 1.54) is 0 Å². The van der Waals surface area contributed by atoms with E-state index in [9.17, 15) is 24.3 Å². The highest BCUT2D eigenvalue weighted by Crippen LogP contribution is 2.06. The molecule has 0 bridgehead atoms. The molecule has 2 amide bonds. The Balaban J connectivity index is 2.87. The van der Waals surface area contributed by atoms with Crippen molar-refractivity contribution in [2.45, 2.75) is 43.8 Å². The normalized spacial score (nSPS) is 13.3. The topological polar surface area (TPSA) is 223 Å². The molecule has 12 nitrogen and oxygen atoms in total. The summed E-state index contributed by atoms with van der Waals surface area (Å²) < 4.78 is 0. The van der Waals surface area contributed by atoms with Crippen LogP contribution in [0.15, 0.2) is 35.3 Å². The van der Waals surface area contributed by atoms with Crippen LogP contribution in [0.4, 0.5) is 0 Å². The molecular formula is C19H28N6O6. The first-order valence-electron chi connectivity index (χ1n) is 9.50. The summed E-state index contributed by atoms with van der Waals surface area (Å²) in [7, 11) is 0. The van der Waals surface area contributed by atoms with Gasteiger partial charge in [0.15, 0.2) is 5.96 Å². The Morgan fingerprint density at radius 1 is 0.968 bits per heavy atom. The van der Waals surface area contributed by atoms with Gasteiger partial charge >= 0.3 is 11.9 Å². The largest absolute Gasteiger partial charge is 0.481 e. The van der Waals surface area contributed by atoms with Crippen LogP contribution in [0.3, 0.4) is 0 Å². The minimum atomic E-state index is -1.37. The predicted molar refractivity (Wildman–Crippen MR) is 112 cm³/mol. The molecule has 0 saturated heterocycles. The van der Waals surface area contributed by atoms with Crippen LogP contribution in [0, 0.1) is 0 Å². The van der Waals surface area contributed by atoms with E-state index in [2.05, 4.69) is 15.6 Å². The minimum absolute atomic E-state index is 0.0368. The molecule has 0 aromatic heterocycles. The number of carboxylic acids is 2. The maximum Gasteiger partial charge on any atom is 0.326 e. The van der Waals surface area contributed by atoms with Crippen molar-refractivity contribution in [1.29, 1.82) is 0 Å². The second kappa shape index (κ2) is 12.8. The number of carbonyl (C=O) groups is 4. The third-order valence-corrected chi connectivity index (χ3v) is 4.21. The number of hydrogen-bond acceptors (Lipinski definition) is 6. The Morgan fingerprint density at radius 2 is 1.58 bits per heavy atom. The highest BCUT2D eigenvalue weighted by Gasteiger charge is 2.28. The number of benzene rings is 1. The van der Waals surface area contributed by atoms with Crippen molar-refractivity contribution < 1.29 is 29.4 Å². The predicted octanol–water partition coefficient (Wildman–Crippen LogP) is -1.86. The highest BCUT2D eigenvalue weighted by molar-refractivity contribution is 5.93. The molecular weight excluding hydrogens is 408 g/mol. The molecule has 0 fully saturated rings. The van der Waals surface area contributed by atoms with Crippen LogP contribution in [0.1, 0.15) is 24.8 Å². The van der Waals surface area contributed by atoms with E-state index in [1.54, 1.807) is 30.3 Å². The van der Waals surface area contributed by atoms with Crippen molar-refractivity contribution in [2.75, 3.05) is 6.54 Å². The Hall–Kier alpha value is -3.67. The van der Waals surface area contributed by atoms with Crippen LogP contribution >= 0.6 is 0 Å². The zero-order valence-corrected chi connectivity index (χ0v) is 16.9. The number of nitrogens with one attached hydrogen (secondary N) is 2. The van der Waals surface area contributed by atoms with E-state index in [-0.39, 0.29) is 25.3 Å². The summed E-state index contributed by atoms with van der Waals surface area (Å²) in [5, 5.41) is 23.0. The third-order valence-electron chi connectivity index (χ3n) is 4.21. The zero-order valence-electron chi connectivity index (χ0n) is 16.9. The van der Waals surface area contributed by atoms with Crippen molar-refractivity contribution in [3.05, 3.63) is 35.9 Å². The fourth-order valence-electron chi connectivity index (χ4n) is 2.65. The van der Waals surface area contributed by atoms with Crippen molar-refractivity contribution in [3.8, 4) is 0 Å². The van der Waals surface area contributed by atoms with Crippen molar-refractivity contribution in [3.63, 3.8) is 0 Å². The van der Waals surface area contributed by atoms with Crippen molar-refractivity contribution in [1.82, 2.24) is 10.6 Å². The van der Waals surface area contributed by atoms with Crippen LogP contribution in [0.25, 0.3) is 0 Å². The van der Waals surface area contributed by atoms with E-state index >= 15 is 0 Å². The maximum atomic E-state index is 12.7. The molecule has 3 unspecified atom stereocenters. The number of carboxylic acid groups (broad SMARTS) is 2. The van der Waals surface area contributed by atoms with Crippen molar-refractivity contribution in [2.24, 2.45) is 22.2 Å². The summed E-state index contributed by atoms with van der Waals surface area (Å²) >= 11 is 0. The van der Waals surface area contributed by atoms with Crippen LogP contribution in [0.2, 0.25) is 0 Å². The quantitative estimate of drug-likeness (QED) is 0.104. The highest BCUT2D eigenvalue weighted by atomic mass is 16.4. The average Bonchev–Trinajstić information content (AvgIpc) is 2.69. The molecule has 0 heterocycles. The van der Waals surface area contributed by atoms with E-state index in [1.807, 2.05) is 0 Å². The van der Waals surface area contributed by atoms with Gasteiger partial charge < -0.3 is 38.0 Å². The molecule has 10 N–H and O–H groups in total. The van der Waals surface area contributed by atoms with E-state index in [0.29, 0.717) is 12.0 Å². The van der Waals surface area contributed by atoms with E-state index in [4.69, 9.17) is 22.3 Å². The number of aliphatic imine (C=N–C) groups is 1. The number of nitrogens with zero attached hydrogens (tertiary/aromatic N) is 1. The Labute approximate surface area is 178 Å². The minimum Gasteiger partial charge on any atom is -0.481 e. The SMILES string of the molecule is NC(N)=NCCCC(NC(=O)C(N)CC(=O)O)C(=O)NC(Cc1ccccc1)C(=O)O. The second-order valence-corrected chi connectivity index (χ2v) is 6.80. The first-order chi connectivity index (χ1) is 14.6. The first kappa shape index (κ1) is 25.4. The lowest BCUT2D eigenvalue weighted by atomic mass is 10.0. The molecule has 12 heteroatoms. The molecule has 0 saturated carbocycles. The van der Waals surface area contributed by atoms with Crippen LogP contribution in [-0.2, 0) is 25.6 Å². The molecule has 0 aliphatic carbocycles. The van der Waals surface area contributed by atoms with Gasteiger partial charge in [0.2, 0.25) is 11.8 Å². The Bertz CT molecular complexity index is 796. The van der Waals surface area contributed by atoms with Gasteiger partial charge in [0.25, 0.3) is 0 Å². The van der Waals surface area contributed by atoms with Gasteiger partial charge in [-0.3, -0.25) is 19.4 Å². The first-order valence-corrected chi connectivity index (χ1v) is 9.50. The maximum absolute atomic E-state index is 12.7. The molecule has 1 rings (SSSR count). The molecule has 1 aromatic carbocycles. The number of rotatable bonds is 13. The lowest BCUT2D eigenvalue weighted by Crippen LogP contribution is -2.55. The lowest BCUT2D eigenvalue weighted by Gasteiger charge is -2.22. The fourth-order valence-corrected chi connectivity index (χ4v) is 2.65. The van der Waals surface area contributed by atoms with Gasteiger partial charge in [-0.05, 0) is 18.4 Å². The molecule has 3 atom stereocenters. The van der Waals surface area contributed by atoms with E-state index < -0.39 is 48.3 Å².